The van der Waals surface area contributed by atoms with Gasteiger partial charge in [0, 0.05) is 19.2 Å². The largest absolute Gasteiger partial charge is 0.361 e. The summed E-state index contributed by atoms with van der Waals surface area (Å²) in [7, 11) is 0. The molecule has 0 N–H and O–H groups in total. The number of nitrogens with zero attached hydrogens (tertiary/aromatic N) is 2. The number of aromatic nitrogens is 1. The maximum atomic E-state index is 12.3. The number of aryl methyl sites for hydroxylation is 1. The van der Waals surface area contributed by atoms with Crippen LogP contribution in [0.4, 0.5) is 0 Å². The van der Waals surface area contributed by atoms with Crippen LogP contribution in [0.5, 0.6) is 0 Å². The molecule has 1 aromatic heterocycles. The molecule has 1 aliphatic heterocycles. The van der Waals surface area contributed by atoms with Crippen molar-refractivity contribution in [2.24, 2.45) is 5.41 Å². The summed E-state index contributed by atoms with van der Waals surface area (Å²) in [6.07, 6.45) is 7.74. The third-order valence-corrected chi connectivity index (χ3v) is 4.49. The quantitative estimate of drug-likeness (QED) is 0.767. The van der Waals surface area contributed by atoms with E-state index in [1.807, 2.05) is 11.8 Å². The van der Waals surface area contributed by atoms with Crippen LogP contribution in [-0.4, -0.2) is 29.1 Å². The van der Waals surface area contributed by atoms with Gasteiger partial charge in [0.25, 0.3) is 5.91 Å². The van der Waals surface area contributed by atoms with E-state index in [-0.39, 0.29) is 5.91 Å². The van der Waals surface area contributed by atoms with Crippen LogP contribution in [0.15, 0.2) is 10.6 Å². The van der Waals surface area contributed by atoms with E-state index in [9.17, 15) is 4.79 Å². The summed E-state index contributed by atoms with van der Waals surface area (Å²) in [5.41, 5.74) is 0.868. The molecule has 1 aliphatic carbocycles. The summed E-state index contributed by atoms with van der Waals surface area (Å²) < 4.78 is 4.98. The predicted molar refractivity (Wildman–Crippen MR) is 67.3 cm³/mol. The third-order valence-electron chi connectivity index (χ3n) is 4.49. The Labute approximate surface area is 107 Å². The van der Waals surface area contributed by atoms with Crippen molar-refractivity contribution in [3.8, 4) is 0 Å². The van der Waals surface area contributed by atoms with Gasteiger partial charge in [-0.15, -0.1) is 0 Å². The van der Waals surface area contributed by atoms with E-state index in [4.69, 9.17) is 4.52 Å². The number of amides is 1. The monoisotopic (exact) mass is 248 g/mol. The van der Waals surface area contributed by atoms with E-state index >= 15 is 0 Å². The number of rotatable bonds is 1. The van der Waals surface area contributed by atoms with Crippen LogP contribution in [0.1, 0.15) is 54.8 Å². The second-order valence-electron chi connectivity index (χ2n) is 5.86. The third kappa shape index (κ3) is 2.04. The second kappa shape index (κ2) is 4.41. The minimum atomic E-state index is 0.0364. The Hall–Kier alpha value is -1.32. The molecule has 2 heterocycles. The van der Waals surface area contributed by atoms with E-state index in [0.717, 1.165) is 19.5 Å². The Bertz CT molecular complexity index is 446. The first-order valence-electron chi connectivity index (χ1n) is 6.91. The summed E-state index contributed by atoms with van der Waals surface area (Å²) in [5.74, 6) is 0.735. The predicted octanol–water partition coefficient (Wildman–Crippen LogP) is 2.78. The summed E-state index contributed by atoms with van der Waals surface area (Å²) >= 11 is 0. The smallest absolute Gasteiger partial charge is 0.276 e. The van der Waals surface area contributed by atoms with Crippen molar-refractivity contribution in [2.75, 3.05) is 13.1 Å². The highest BCUT2D eigenvalue weighted by Gasteiger charge is 2.40. The Kier molecular flexibility index (Phi) is 2.88. The van der Waals surface area contributed by atoms with Gasteiger partial charge in [-0.2, -0.15) is 0 Å². The van der Waals surface area contributed by atoms with E-state index in [2.05, 4.69) is 5.16 Å². The molecule has 2 fully saturated rings. The van der Waals surface area contributed by atoms with Crippen molar-refractivity contribution in [3.05, 3.63) is 17.5 Å². The lowest BCUT2D eigenvalue weighted by molar-refractivity contribution is 0.0748. The lowest BCUT2D eigenvalue weighted by atomic mass is 9.73. The number of hydrogen-bond donors (Lipinski definition) is 0. The fourth-order valence-corrected chi connectivity index (χ4v) is 3.45. The minimum absolute atomic E-state index is 0.0364. The molecule has 0 atom stereocenters. The molecule has 4 nitrogen and oxygen atoms in total. The van der Waals surface area contributed by atoms with Crippen LogP contribution in [0.3, 0.4) is 0 Å². The standard InChI is InChI=1S/C14H20N2O2/c1-11-9-12(15-18-11)13(17)16-8-7-14(10-16)5-3-2-4-6-14/h9H,2-8,10H2,1H3. The molecule has 4 heteroatoms. The minimum Gasteiger partial charge on any atom is -0.361 e. The van der Waals surface area contributed by atoms with Crippen molar-refractivity contribution >= 4 is 5.91 Å². The summed E-state index contributed by atoms with van der Waals surface area (Å²) in [6.45, 7) is 3.61. The molecule has 98 valence electrons. The van der Waals surface area contributed by atoms with Gasteiger partial charge in [0.1, 0.15) is 5.76 Å². The van der Waals surface area contributed by atoms with Crippen LogP contribution < -0.4 is 0 Å². The zero-order valence-corrected chi connectivity index (χ0v) is 10.9. The maximum absolute atomic E-state index is 12.3. The van der Waals surface area contributed by atoms with Gasteiger partial charge in [-0.25, -0.2) is 0 Å². The van der Waals surface area contributed by atoms with Crippen molar-refractivity contribution in [1.29, 1.82) is 0 Å². The van der Waals surface area contributed by atoms with Crippen LogP contribution in [0.2, 0.25) is 0 Å². The zero-order chi connectivity index (χ0) is 12.6. The van der Waals surface area contributed by atoms with Gasteiger partial charge in [0.05, 0.1) is 0 Å². The Morgan fingerprint density at radius 2 is 2.11 bits per heavy atom. The molecule has 2 aliphatic rings. The lowest BCUT2D eigenvalue weighted by Crippen LogP contribution is -2.33. The fraction of sp³-hybridized carbons (Fsp3) is 0.714. The van der Waals surface area contributed by atoms with Crippen molar-refractivity contribution in [2.45, 2.75) is 45.4 Å². The molecule has 1 amide bonds. The summed E-state index contributed by atoms with van der Waals surface area (Å²) in [4.78, 5) is 14.3. The number of carbonyl (C=O) groups excluding carboxylic acids is 1. The molecule has 18 heavy (non-hydrogen) atoms. The second-order valence-corrected chi connectivity index (χ2v) is 5.86. The first-order chi connectivity index (χ1) is 8.69. The van der Waals surface area contributed by atoms with Gasteiger partial charge in [-0.1, -0.05) is 24.4 Å². The average Bonchev–Trinajstić information content (AvgIpc) is 2.97. The molecular formula is C14H20N2O2. The Morgan fingerprint density at radius 3 is 2.78 bits per heavy atom. The van der Waals surface area contributed by atoms with Gasteiger partial charge in [-0.05, 0) is 31.6 Å². The van der Waals surface area contributed by atoms with Gasteiger partial charge < -0.3 is 9.42 Å². The summed E-state index contributed by atoms with van der Waals surface area (Å²) in [6, 6.07) is 1.73. The highest BCUT2D eigenvalue weighted by atomic mass is 16.5. The molecule has 0 bridgehead atoms. The van der Waals surface area contributed by atoms with Crippen LogP contribution >= 0.6 is 0 Å². The molecule has 0 radical (unpaired) electrons. The van der Waals surface area contributed by atoms with Crippen LogP contribution in [0.25, 0.3) is 0 Å². The molecular weight excluding hydrogens is 228 g/mol. The molecule has 0 unspecified atom stereocenters. The van der Waals surface area contributed by atoms with E-state index < -0.39 is 0 Å². The highest BCUT2D eigenvalue weighted by Crippen LogP contribution is 2.43. The molecule has 1 saturated carbocycles. The van der Waals surface area contributed by atoms with Gasteiger partial charge in [0.2, 0.25) is 0 Å². The molecule has 1 saturated heterocycles. The normalized spacial score (nSPS) is 22.6. The molecule has 1 aromatic rings. The fourth-order valence-electron chi connectivity index (χ4n) is 3.45. The highest BCUT2D eigenvalue weighted by molar-refractivity contribution is 5.92. The molecule has 3 rings (SSSR count). The van der Waals surface area contributed by atoms with Crippen LogP contribution in [0, 0.1) is 12.3 Å². The van der Waals surface area contributed by atoms with E-state index in [1.54, 1.807) is 6.07 Å². The Morgan fingerprint density at radius 1 is 1.33 bits per heavy atom. The Balaban J connectivity index is 1.70. The SMILES string of the molecule is Cc1cc(C(=O)N2CCC3(CCCCC3)C2)no1. The lowest BCUT2D eigenvalue weighted by Gasteiger charge is -2.33. The number of likely N-dealkylation sites (tertiary alicyclic amines) is 1. The number of carbonyl (C=O) groups is 1. The molecule has 0 aromatic carbocycles. The average molecular weight is 248 g/mol. The first-order valence-corrected chi connectivity index (χ1v) is 6.91. The van der Waals surface area contributed by atoms with Gasteiger partial charge in [0.15, 0.2) is 5.69 Å². The van der Waals surface area contributed by atoms with Crippen molar-refractivity contribution in [3.63, 3.8) is 0 Å². The van der Waals surface area contributed by atoms with Crippen molar-refractivity contribution < 1.29 is 9.32 Å². The van der Waals surface area contributed by atoms with Gasteiger partial charge >= 0.3 is 0 Å². The number of hydrogen-bond acceptors (Lipinski definition) is 3. The maximum Gasteiger partial charge on any atom is 0.276 e. The summed E-state index contributed by atoms with van der Waals surface area (Å²) in [5, 5.41) is 3.83. The zero-order valence-electron chi connectivity index (χ0n) is 10.9. The van der Waals surface area contributed by atoms with Gasteiger partial charge in [-0.3, -0.25) is 4.79 Å². The first kappa shape index (κ1) is 11.8. The van der Waals surface area contributed by atoms with E-state index in [1.165, 1.54) is 32.1 Å². The topological polar surface area (TPSA) is 46.3 Å². The van der Waals surface area contributed by atoms with Crippen LogP contribution in [-0.2, 0) is 0 Å². The van der Waals surface area contributed by atoms with Crippen molar-refractivity contribution in [1.82, 2.24) is 10.1 Å². The molecule has 1 spiro atoms. The van der Waals surface area contributed by atoms with E-state index in [0.29, 0.717) is 16.9 Å².